The van der Waals surface area contributed by atoms with E-state index in [0.717, 1.165) is 22.0 Å². The molecule has 2 aromatic carbocycles. The number of carbonyl (C=O) groups is 4. The third-order valence-electron chi connectivity index (χ3n) is 7.87. The number of hydrogen-bond donors (Lipinski definition) is 0. The summed E-state index contributed by atoms with van der Waals surface area (Å²) in [6.45, 7) is 1.51. The Labute approximate surface area is 202 Å². The first kappa shape index (κ1) is 21.3. The van der Waals surface area contributed by atoms with Gasteiger partial charge < -0.3 is 0 Å². The Bertz CT molecular complexity index is 1220. The number of hydrazine groups is 1. The molecule has 0 spiro atoms. The molecule has 0 aromatic heterocycles. The van der Waals surface area contributed by atoms with Crippen LogP contribution in [0.2, 0.25) is 5.02 Å². The zero-order valence-electron chi connectivity index (χ0n) is 18.6. The van der Waals surface area contributed by atoms with Crippen LogP contribution in [0, 0.1) is 42.4 Å². The van der Waals surface area contributed by atoms with Crippen molar-refractivity contribution >= 4 is 35.1 Å². The lowest BCUT2D eigenvalue weighted by atomic mass is 9.63. The number of carbonyl (C=O) groups excluding carboxylic acids is 4. The molecule has 0 N–H and O–H groups in total. The number of hydrogen-bond acceptors (Lipinski definition) is 4. The van der Waals surface area contributed by atoms with Crippen molar-refractivity contribution in [1.29, 1.82) is 0 Å². The van der Waals surface area contributed by atoms with Crippen LogP contribution >= 0.6 is 11.6 Å². The Hall–Kier alpha value is -3.25. The van der Waals surface area contributed by atoms with Gasteiger partial charge in [0.25, 0.3) is 17.7 Å². The lowest BCUT2D eigenvalue weighted by molar-refractivity contribution is -0.154. The first-order valence-electron chi connectivity index (χ1n) is 11.6. The molecule has 1 heterocycles. The van der Waals surface area contributed by atoms with Crippen LogP contribution in [0.5, 0.6) is 0 Å². The van der Waals surface area contributed by atoms with Gasteiger partial charge in [-0.3, -0.25) is 19.2 Å². The van der Waals surface area contributed by atoms with Crippen molar-refractivity contribution in [3.8, 4) is 0 Å². The van der Waals surface area contributed by atoms with Crippen molar-refractivity contribution in [3.63, 3.8) is 0 Å². The van der Waals surface area contributed by atoms with Gasteiger partial charge in [0.1, 0.15) is 6.54 Å². The van der Waals surface area contributed by atoms with Crippen LogP contribution < -0.4 is 0 Å². The van der Waals surface area contributed by atoms with Crippen LogP contribution in [0.15, 0.2) is 60.7 Å². The van der Waals surface area contributed by atoms with Gasteiger partial charge in [0.05, 0.1) is 11.8 Å². The summed E-state index contributed by atoms with van der Waals surface area (Å²) in [5, 5.41) is 2.47. The fraction of sp³-hybridized carbons (Fsp3) is 0.333. The SMILES string of the molecule is Cc1ccc(C(=O)CN(C(=O)c2ccc(Cl)cc2)N2C(=O)[C@@H]3[C@H]4C=C[C@@H]([C@@H]5C[C@H]45)[C@H]3C2=O)cc1. The highest BCUT2D eigenvalue weighted by Gasteiger charge is 2.68. The molecule has 0 unspecified atom stereocenters. The predicted octanol–water partition coefficient (Wildman–Crippen LogP) is 3.94. The molecule has 3 amide bonds. The summed E-state index contributed by atoms with van der Waals surface area (Å²) < 4.78 is 0. The van der Waals surface area contributed by atoms with E-state index in [2.05, 4.69) is 12.2 Å². The quantitative estimate of drug-likeness (QED) is 0.373. The second kappa shape index (κ2) is 7.64. The monoisotopic (exact) mass is 474 g/mol. The molecule has 7 heteroatoms. The molecule has 2 bridgehead atoms. The average molecular weight is 475 g/mol. The van der Waals surface area contributed by atoms with Gasteiger partial charge in [-0.25, -0.2) is 5.01 Å². The Morgan fingerprint density at radius 3 is 1.97 bits per heavy atom. The predicted molar refractivity (Wildman–Crippen MR) is 125 cm³/mol. The maximum absolute atomic E-state index is 13.6. The van der Waals surface area contributed by atoms with Crippen molar-refractivity contribution in [2.24, 2.45) is 35.5 Å². The number of amides is 3. The third kappa shape index (κ3) is 3.16. The number of aryl methyl sites for hydroxylation is 1. The Morgan fingerprint density at radius 2 is 1.41 bits per heavy atom. The summed E-state index contributed by atoms with van der Waals surface area (Å²) in [7, 11) is 0. The highest BCUT2D eigenvalue weighted by atomic mass is 35.5. The number of Topliss-reactive ketones (excluding diaryl/α,β-unsaturated/α-hetero) is 1. The molecule has 2 saturated carbocycles. The standard InChI is InChI=1S/C27H23ClN2O4/c1-14-2-4-15(5-3-14)22(31)13-29(25(32)16-6-8-17(28)9-7-16)30-26(33)23-18-10-11-19(21-12-20(18)21)24(23)27(30)34/h2-11,18-21,23-24H,12-13H2,1H3/t18-,19-,20-,21+,23+,24+/m0/s1. The second-order valence-corrected chi connectivity index (χ2v) is 10.2. The van der Waals surface area contributed by atoms with Crippen LogP contribution in [0.3, 0.4) is 0 Å². The molecule has 1 aliphatic heterocycles. The summed E-state index contributed by atoms with van der Waals surface area (Å²) in [6, 6.07) is 13.2. The van der Waals surface area contributed by atoms with E-state index in [9.17, 15) is 19.2 Å². The van der Waals surface area contributed by atoms with Crippen LogP contribution in [-0.4, -0.2) is 40.1 Å². The molecule has 172 valence electrons. The first-order valence-corrected chi connectivity index (χ1v) is 12.0. The van der Waals surface area contributed by atoms with E-state index in [0.29, 0.717) is 22.4 Å². The Morgan fingerprint density at radius 1 is 0.882 bits per heavy atom. The Balaban J connectivity index is 1.36. The minimum atomic E-state index is -0.581. The van der Waals surface area contributed by atoms with E-state index in [1.165, 1.54) is 12.1 Å². The van der Waals surface area contributed by atoms with E-state index >= 15 is 0 Å². The molecule has 4 aliphatic carbocycles. The van der Waals surface area contributed by atoms with Gasteiger partial charge in [-0.15, -0.1) is 0 Å². The Kier molecular flexibility index (Phi) is 4.78. The molecular formula is C27H23ClN2O4. The molecule has 2 aromatic rings. The molecule has 6 atom stereocenters. The number of allylic oxidation sites excluding steroid dienone is 2. The van der Waals surface area contributed by atoms with Gasteiger partial charge in [0.2, 0.25) is 0 Å². The van der Waals surface area contributed by atoms with Crippen LogP contribution in [0.4, 0.5) is 0 Å². The van der Waals surface area contributed by atoms with Crippen molar-refractivity contribution in [2.45, 2.75) is 13.3 Å². The van der Waals surface area contributed by atoms with Crippen LogP contribution in [-0.2, 0) is 9.59 Å². The molecular weight excluding hydrogens is 452 g/mol. The topological polar surface area (TPSA) is 74.8 Å². The number of nitrogens with zero attached hydrogens (tertiary/aromatic N) is 2. The fourth-order valence-electron chi connectivity index (χ4n) is 6.12. The number of halogens is 1. The minimum Gasteiger partial charge on any atom is -0.292 e. The van der Waals surface area contributed by atoms with Crippen molar-refractivity contribution in [2.75, 3.05) is 6.54 Å². The second-order valence-electron chi connectivity index (χ2n) is 9.80. The maximum Gasteiger partial charge on any atom is 0.273 e. The largest absolute Gasteiger partial charge is 0.292 e. The smallest absolute Gasteiger partial charge is 0.273 e. The molecule has 6 nitrogen and oxygen atoms in total. The summed E-state index contributed by atoms with van der Waals surface area (Å²) >= 11 is 5.98. The van der Waals surface area contributed by atoms with Crippen LogP contribution in [0.25, 0.3) is 0 Å². The number of rotatable bonds is 5. The zero-order valence-corrected chi connectivity index (χ0v) is 19.3. The van der Waals surface area contributed by atoms with E-state index in [-0.39, 0.29) is 35.0 Å². The van der Waals surface area contributed by atoms with Gasteiger partial charge in [-0.05, 0) is 61.3 Å². The normalized spacial score (nSPS) is 30.2. The van der Waals surface area contributed by atoms with Gasteiger partial charge in [-0.2, -0.15) is 5.01 Å². The van der Waals surface area contributed by atoms with E-state index in [1.807, 2.05) is 19.1 Å². The van der Waals surface area contributed by atoms with Gasteiger partial charge in [-0.1, -0.05) is 53.6 Å². The molecule has 5 aliphatic rings. The van der Waals surface area contributed by atoms with Crippen molar-refractivity contribution in [3.05, 3.63) is 82.4 Å². The van der Waals surface area contributed by atoms with Crippen LogP contribution in [0.1, 0.15) is 32.7 Å². The highest BCUT2D eigenvalue weighted by Crippen LogP contribution is 2.65. The third-order valence-corrected chi connectivity index (χ3v) is 8.13. The summed E-state index contributed by atoms with van der Waals surface area (Å²) in [5.41, 5.74) is 1.67. The van der Waals surface area contributed by atoms with Crippen molar-refractivity contribution < 1.29 is 19.2 Å². The summed E-state index contributed by atoms with van der Waals surface area (Å²) in [5.74, 6) is -1.64. The lowest BCUT2D eigenvalue weighted by Gasteiger charge is -2.37. The molecule has 0 radical (unpaired) electrons. The number of imide groups is 1. The van der Waals surface area contributed by atoms with Gasteiger partial charge >= 0.3 is 0 Å². The number of benzene rings is 2. The molecule has 7 rings (SSSR count). The minimum absolute atomic E-state index is 0.0294. The van der Waals surface area contributed by atoms with E-state index < -0.39 is 24.3 Å². The number of ketones is 1. The fourth-order valence-corrected chi connectivity index (χ4v) is 6.25. The maximum atomic E-state index is 13.6. The summed E-state index contributed by atoms with van der Waals surface area (Å²) in [6.07, 6.45) is 5.21. The summed E-state index contributed by atoms with van der Waals surface area (Å²) in [4.78, 5) is 54.0. The van der Waals surface area contributed by atoms with E-state index in [4.69, 9.17) is 11.6 Å². The van der Waals surface area contributed by atoms with Gasteiger partial charge in [0, 0.05) is 16.1 Å². The van der Waals surface area contributed by atoms with Crippen molar-refractivity contribution in [1.82, 2.24) is 10.0 Å². The molecule has 1 saturated heterocycles. The lowest BCUT2D eigenvalue weighted by Crippen LogP contribution is -2.52. The van der Waals surface area contributed by atoms with Gasteiger partial charge in [0.15, 0.2) is 5.78 Å². The van der Waals surface area contributed by atoms with E-state index in [1.54, 1.807) is 24.3 Å². The highest BCUT2D eigenvalue weighted by molar-refractivity contribution is 6.30. The average Bonchev–Trinajstić information content (AvgIpc) is 3.62. The molecule has 3 fully saturated rings. The zero-order chi connectivity index (χ0) is 23.7. The first-order chi connectivity index (χ1) is 16.3. The molecule has 34 heavy (non-hydrogen) atoms.